The molecule has 0 aromatic heterocycles. The van der Waals surface area contributed by atoms with Gasteiger partial charge in [-0.05, 0) is 31.0 Å². The van der Waals surface area contributed by atoms with Crippen LogP contribution in [0.25, 0.3) is 0 Å². The molecule has 3 nitrogen and oxygen atoms in total. The van der Waals surface area contributed by atoms with Crippen LogP contribution in [0.15, 0.2) is 24.3 Å². The minimum atomic E-state index is 0. The van der Waals surface area contributed by atoms with Gasteiger partial charge >= 0.3 is 0 Å². The molecular weight excluding hydrogens is 259 g/mol. The Balaban J connectivity index is 0.00000144. The zero-order valence-electron chi connectivity index (χ0n) is 9.43. The van der Waals surface area contributed by atoms with Crippen molar-refractivity contribution in [2.24, 2.45) is 5.73 Å². The third kappa shape index (κ3) is 3.12. The highest BCUT2D eigenvalue weighted by Gasteiger charge is 2.28. The first-order chi connectivity index (χ1) is 7.72. The van der Waals surface area contributed by atoms with Gasteiger partial charge in [0.1, 0.15) is 0 Å². The molecule has 0 aliphatic carbocycles. The van der Waals surface area contributed by atoms with Gasteiger partial charge in [-0.25, -0.2) is 0 Å². The summed E-state index contributed by atoms with van der Waals surface area (Å²) in [7, 11) is 0. The molecule has 0 radical (unpaired) electrons. The Morgan fingerprint density at radius 1 is 1.53 bits per heavy atom. The monoisotopic (exact) mass is 274 g/mol. The molecule has 2 N–H and O–H groups in total. The van der Waals surface area contributed by atoms with Crippen LogP contribution in [-0.2, 0) is 0 Å². The van der Waals surface area contributed by atoms with Gasteiger partial charge in [-0.2, -0.15) is 0 Å². The van der Waals surface area contributed by atoms with E-state index < -0.39 is 0 Å². The zero-order valence-corrected chi connectivity index (χ0v) is 11.0. The van der Waals surface area contributed by atoms with Crippen molar-refractivity contribution in [1.82, 2.24) is 4.90 Å². The van der Waals surface area contributed by atoms with E-state index in [0.29, 0.717) is 17.1 Å². The quantitative estimate of drug-likeness (QED) is 0.900. The number of halogens is 2. The van der Waals surface area contributed by atoms with Crippen LogP contribution < -0.4 is 5.73 Å². The van der Waals surface area contributed by atoms with Crippen LogP contribution in [0.5, 0.6) is 0 Å². The van der Waals surface area contributed by atoms with Gasteiger partial charge in [0, 0.05) is 29.7 Å². The number of hydrogen-bond donors (Lipinski definition) is 1. The van der Waals surface area contributed by atoms with E-state index in [1.165, 1.54) is 0 Å². The average molecular weight is 275 g/mol. The van der Waals surface area contributed by atoms with E-state index in [2.05, 4.69) is 0 Å². The number of hydrogen-bond acceptors (Lipinski definition) is 2. The lowest BCUT2D eigenvalue weighted by Crippen LogP contribution is -2.39. The van der Waals surface area contributed by atoms with E-state index in [9.17, 15) is 4.79 Å². The summed E-state index contributed by atoms with van der Waals surface area (Å²) < 4.78 is 0. The molecule has 1 amide bonds. The largest absolute Gasteiger partial charge is 0.334 e. The van der Waals surface area contributed by atoms with Gasteiger partial charge in [-0.3, -0.25) is 4.79 Å². The maximum Gasteiger partial charge on any atom is 0.254 e. The lowest BCUT2D eigenvalue weighted by atomic mass is 10.1. The highest BCUT2D eigenvalue weighted by Crippen LogP contribution is 2.20. The van der Waals surface area contributed by atoms with Crippen molar-refractivity contribution in [3.63, 3.8) is 0 Å². The molecule has 94 valence electrons. The Bertz CT molecular complexity index is 398. The molecule has 0 bridgehead atoms. The van der Waals surface area contributed by atoms with E-state index in [4.69, 9.17) is 17.3 Å². The summed E-state index contributed by atoms with van der Waals surface area (Å²) in [6, 6.07) is 7.24. The van der Waals surface area contributed by atoms with E-state index >= 15 is 0 Å². The number of benzene rings is 1. The van der Waals surface area contributed by atoms with Gasteiger partial charge < -0.3 is 10.6 Å². The number of carbonyl (C=O) groups is 1. The number of rotatable bonds is 2. The number of likely N-dealkylation sites (tertiary alicyclic amines) is 1. The molecule has 2 rings (SSSR count). The van der Waals surface area contributed by atoms with Crippen molar-refractivity contribution in [2.75, 3.05) is 13.1 Å². The molecule has 0 saturated carbocycles. The van der Waals surface area contributed by atoms with Crippen molar-refractivity contribution in [3.8, 4) is 0 Å². The molecule has 1 saturated heterocycles. The molecule has 1 aliphatic rings. The van der Waals surface area contributed by atoms with Gasteiger partial charge in [-0.1, -0.05) is 17.7 Å². The Morgan fingerprint density at radius 3 is 2.94 bits per heavy atom. The molecule has 17 heavy (non-hydrogen) atoms. The molecule has 1 aromatic rings. The first-order valence-electron chi connectivity index (χ1n) is 5.49. The third-order valence-electron chi connectivity index (χ3n) is 2.98. The molecule has 1 heterocycles. The number of carbonyl (C=O) groups excluding carboxylic acids is 1. The summed E-state index contributed by atoms with van der Waals surface area (Å²) in [5.41, 5.74) is 6.30. The lowest BCUT2D eigenvalue weighted by Gasteiger charge is -2.23. The van der Waals surface area contributed by atoms with Crippen molar-refractivity contribution in [1.29, 1.82) is 0 Å². The van der Waals surface area contributed by atoms with Gasteiger partial charge in [0.2, 0.25) is 0 Å². The van der Waals surface area contributed by atoms with E-state index in [-0.39, 0.29) is 24.4 Å². The van der Waals surface area contributed by atoms with Crippen LogP contribution in [0.4, 0.5) is 0 Å². The summed E-state index contributed by atoms with van der Waals surface area (Å²) in [6.07, 6.45) is 2.04. The average Bonchev–Trinajstić information content (AvgIpc) is 2.76. The predicted octanol–water partition coefficient (Wildman–Crippen LogP) is 2.33. The Labute approximate surface area is 112 Å². The van der Waals surface area contributed by atoms with Crippen LogP contribution in [0.1, 0.15) is 23.2 Å². The predicted molar refractivity (Wildman–Crippen MR) is 71.8 cm³/mol. The standard InChI is InChI=1S/C12H15ClN2O.ClH/c13-10-4-1-3-9(7-10)12(16)15-6-2-5-11(15)8-14;/h1,3-4,7,11H,2,5-6,8,14H2;1H. The summed E-state index contributed by atoms with van der Waals surface area (Å²) in [5, 5.41) is 0.592. The molecule has 5 heteroatoms. The lowest BCUT2D eigenvalue weighted by molar-refractivity contribution is 0.0741. The second-order valence-corrected chi connectivity index (χ2v) is 4.48. The number of nitrogens with zero attached hydrogens (tertiary/aromatic N) is 1. The fraction of sp³-hybridized carbons (Fsp3) is 0.417. The first kappa shape index (κ1) is 14.3. The SMILES string of the molecule is Cl.NCC1CCCN1C(=O)c1cccc(Cl)c1. The molecule has 1 fully saturated rings. The second-order valence-electron chi connectivity index (χ2n) is 4.04. The van der Waals surface area contributed by atoms with Gasteiger partial charge in [0.25, 0.3) is 5.91 Å². The van der Waals surface area contributed by atoms with Crippen LogP contribution in [0, 0.1) is 0 Å². The number of nitrogens with two attached hydrogens (primary N) is 1. The van der Waals surface area contributed by atoms with Crippen LogP contribution in [0.2, 0.25) is 5.02 Å². The van der Waals surface area contributed by atoms with Gasteiger partial charge in [0.15, 0.2) is 0 Å². The minimum Gasteiger partial charge on any atom is -0.334 e. The molecule has 1 aromatic carbocycles. The highest BCUT2D eigenvalue weighted by atomic mass is 35.5. The Hall–Kier alpha value is -0.770. The van der Waals surface area contributed by atoms with Crippen LogP contribution in [0.3, 0.4) is 0 Å². The summed E-state index contributed by atoms with van der Waals surface area (Å²) >= 11 is 5.87. The minimum absolute atomic E-state index is 0. The van der Waals surface area contributed by atoms with Crippen LogP contribution in [-0.4, -0.2) is 29.9 Å². The number of amides is 1. The Kier molecular flexibility index (Phi) is 5.25. The zero-order chi connectivity index (χ0) is 11.5. The molecular formula is C12H16Cl2N2O. The van der Waals surface area contributed by atoms with Crippen molar-refractivity contribution < 1.29 is 4.79 Å². The highest BCUT2D eigenvalue weighted by molar-refractivity contribution is 6.30. The van der Waals surface area contributed by atoms with E-state index in [0.717, 1.165) is 19.4 Å². The molecule has 1 atom stereocenters. The molecule has 1 unspecified atom stereocenters. The smallest absolute Gasteiger partial charge is 0.254 e. The van der Waals surface area contributed by atoms with Crippen molar-refractivity contribution in [2.45, 2.75) is 18.9 Å². The van der Waals surface area contributed by atoms with Crippen molar-refractivity contribution in [3.05, 3.63) is 34.9 Å². The van der Waals surface area contributed by atoms with E-state index in [1.54, 1.807) is 24.3 Å². The van der Waals surface area contributed by atoms with Gasteiger partial charge in [-0.15, -0.1) is 12.4 Å². The molecule has 0 spiro atoms. The normalized spacial score (nSPS) is 18.9. The van der Waals surface area contributed by atoms with Gasteiger partial charge in [0.05, 0.1) is 0 Å². The maximum atomic E-state index is 12.2. The summed E-state index contributed by atoms with van der Waals surface area (Å²) in [6.45, 7) is 1.33. The Morgan fingerprint density at radius 2 is 2.29 bits per heavy atom. The fourth-order valence-electron chi connectivity index (χ4n) is 2.14. The second kappa shape index (κ2) is 6.24. The maximum absolute atomic E-state index is 12.2. The molecule has 1 aliphatic heterocycles. The van der Waals surface area contributed by atoms with Crippen LogP contribution >= 0.6 is 24.0 Å². The van der Waals surface area contributed by atoms with Crippen molar-refractivity contribution >= 4 is 29.9 Å². The fourth-order valence-corrected chi connectivity index (χ4v) is 2.33. The topological polar surface area (TPSA) is 46.3 Å². The summed E-state index contributed by atoms with van der Waals surface area (Å²) in [4.78, 5) is 14.0. The summed E-state index contributed by atoms with van der Waals surface area (Å²) in [5.74, 6) is 0.0375. The third-order valence-corrected chi connectivity index (χ3v) is 3.22. The first-order valence-corrected chi connectivity index (χ1v) is 5.87. The van der Waals surface area contributed by atoms with E-state index in [1.807, 2.05) is 4.90 Å².